The molecule has 4 aliphatic carbocycles. The first kappa shape index (κ1) is 17.3. The van der Waals surface area contributed by atoms with Crippen LogP contribution in [0.4, 0.5) is 0 Å². The predicted octanol–water partition coefficient (Wildman–Crippen LogP) is 4.84. The van der Waals surface area contributed by atoms with E-state index >= 15 is 0 Å². The Morgan fingerprint density at radius 3 is 2.68 bits per heavy atom. The van der Waals surface area contributed by atoms with E-state index in [0.717, 1.165) is 38.0 Å². The smallest absolute Gasteiger partial charge is 0.305 e. The van der Waals surface area contributed by atoms with Crippen molar-refractivity contribution in [1.29, 1.82) is 0 Å². The van der Waals surface area contributed by atoms with Gasteiger partial charge in [0.25, 0.3) is 0 Å². The molecule has 0 aliphatic heterocycles. The molecule has 0 radical (unpaired) electrons. The largest absolute Gasteiger partial charge is 0.462 e. The van der Waals surface area contributed by atoms with Crippen molar-refractivity contribution in [3.63, 3.8) is 0 Å². The van der Waals surface area contributed by atoms with Crippen LogP contribution in [0.3, 0.4) is 0 Å². The highest BCUT2D eigenvalue weighted by atomic mass is 16.5. The van der Waals surface area contributed by atoms with Crippen molar-refractivity contribution in [2.45, 2.75) is 84.7 Å². The van der Waals surface area contributed by atoms with Gasteiger partial charge in [-0.3, -0.25) is 9.59 Å². The van der Waals surface area contributed by atoms with Crippen LogP contribution in [0.2, 0.25) is 0 Å². The van der Waals surface area contributed by atoms with Gasteiger partial charge in [-0.15, -0.1) is 0 Å². The first-order valence-electron chi connectivity index (χ1n) is 10.3. The number of esters is 1. The number of rotatable bonds is 2. The number of fused-ring (bicyclic) bond motifs is 5. The van der Waals surface area contributed by atoms with E-state index in [1.165, 1.54) is 24.8 Å². The minimum atomic E-state index is -0.0411. The summed E-state index contributed by atoms with van der Waals surface area (Å²) in [4.78, 5) is 23.8. The van der Waals surface area contributed by atoms with Gasteiger partial charge in [-0.25, -0.2) is 0 Å². The summed E-state index contributed by atoms with van der Waals surface area (Å²) in [6, 6.07) is 0. The first-order chi connectivity index (χ1) is 11.9. The van der Waals surface area contributed by atoms with Crippen LogP contribution < -0.4 is 0 Å². The molecule has 138 valence electrons. The molecule has 4 unspecified atom stereocenters. The predicted molar refractivity (Wildman–Crippen MR) is 96.9 cm³/mol. The van der Waals surface area contributed by atoms with Crippen molar-refractivity contribution in [3.05, 3.63) is 11.6 Å². The lowest BCUT2D eigenvalue weighted by Gasteiger charge is -2.57. The molecular formula is C22H32O3. The number of hydrogen-bond acceptors (Lipinski definition) is 3. The molecular weight excluding hydrogens is 312 g/mol. The van der Waals surface area contributed by atoms with Crippen LogP contribution in [0.15, 0.2) is 11.6 Å². The van der Waals surface area contributed by atoms with Crippen molar-refractivity contribution in [2.24, 2.45) is 28.6 Å². The second-order valence-electron chi connectivity index (χ2n) is 9.42. The molecule has 0 spiro atoms. The lowest BCUT2D eigenvalue weighted by Crippen LogP contribution is -2.51. The molecule has 0 bridgehead atoms. The molecule has 0 N–H and O–H groups in total. The van der Waals surface area contributed by atoms with Crippen LogP contribution in [0.25, 0.3) is 0 Å². The summed E-state index contributed by atoms with van der Waals surface area (Å²) in [7, 11) is 0. The Hall–Kier alpha value is -1.12. The maximum atomic E-state index is 11.9. The van der Waals surface area contributed by atoms with Crippen LogP contribution >= 0.6 is 0 Å². The molecule has 0 aromatic rings. The van der Waals surface area contributed by atoms with Crippen LogP contribution in [-0.4, -0.2) is 17.9 Å². The molecule has 0 saturated heterocycles. The average Bonchev–Trinajstić information content (AvgIpc) is 2.92. The molecule has 0 aromatic carbocycles. The highest BCUT2D eigenvalue weighted by molar-refractivity contribution is 5.91. The fraction of sp³-hybridized carbons (Fsp3) is 0.818. The summed E-state index contributed by atoms with van der Waals surface area (Å²) in [5, 5.41) is 0. The number of hydrogen-bond donors (Lipinski definition) is 0. The van der Waals surface area contributed by atoms with Gasteiger partial charge in [0, 0.05) is 18.3 Å². The minimum Gasteiger partial charge on any atom is -0.462 e. The Labute approximate surface area is 151 Å². The third-order valence-electron chi connectivity index (χ3n) is 8.44. The molecule has 0 heterocycles. The van der Waals surface area contributed by atoms with E-state index in [4.69, 9.17) is 4.74 Å². The molecule has 3 heteroatoms. The highest BCUT2D eigenvalue weighted by Gasteiger charge is 2.59. The molecule has 3 nitrogen and oxygen atoms in total. The van der Waals surface area contributed by atoms with Gasteiger partial charge in [-0.1, -0.05) is 26.3 Å². The molecule has 0 amide bonds. The fourth-order valence-corrected chi connectivity index (χ4v) is 6.95. The topological polar surface area (TPSA) is 43.4 Å². The SMILES string of the molecule is CCC(=O)OC1CC[C@H]2C3CCC4=CC(=O)CC[C@]4(C)C3CCC12C. The molecule has 4 aliphatic rings. The van der Waals surface area contributed by atoms with Crippen LogP contribution in [-0.2, 0) is 14.3 Å². The Morgan fingerprint density at radius 2 is 1.92 bits per heavy atom. The van der Waals surface area contributed by atoms with Crippen molar-refractivity contribution in [1.82, 2.24) is 0 Å². The molecule has 4 rings (SSSR count). The standard InChI is InChI=1S/C22H32O3/c1-4-20(24)25-19-8-7-17-16-6-5-14-13-15(23)9-11-21(14,2)18(16)10-12-22(17,19)3/h13,16-19H,4-12H2,1-3H3/t16?,17-,18?,19?,21-,22?/m0/s1. The van der Waals surface area contributed by atoms with Gasteiger partial charge < -0.3 is 4.74 Å². The molecule has 25 heavy (non-hydrogen) atoms. The maximum absolute atomic E-state index is 11.9. The van der Waals surface area contributed by atoms with Crippen molar-refractivity contribution >= 4 is 11.8 Å². The van der Waals surface area contributed by atoms with E-state index < -0.39 is 0 Å². The van der Waals surface area contributed by atoms with Gasteiger partial charge in [0.15, 0.2) is 5.78 Å². The summed E-state index contributed by atoms with van der Waals surface area (Å²) in [6.45, 7) is 6.69. The Morgan fingerprint density at radius 1 is 1.12 bits per heavy atom. The number of carbonyl (C=O) groups excluding carboxylic acids is 2. The zero-order valence-electron chi connectivity index (χ0n) is 16.0. The fourth-order valence-electron chi connectivity index (χ4n) is 6.95. The summed E-state index contributed by atoms with van der Waals surface area (Å²) < 4.78 is 5.86. The highest BCUT2D eigenvalue weighted by Crippen LogP contribution is 2.65. The lowest BCUT2D eigenvalue weighted by atomic mass is 9.47. The van der Waals surface area contributed by atoms with Gasteiger partial charge in [0.2, 0.25) is 0 Å². The lowest BCUT2D eigenvalue weighted by molar-refractivity contribution is -0.159. The Bertz CT molecular complexity index is 621. The van der Waals surface area contributed by atoms with E-state index in [2.05, 4.69) is 13.8 Å². The summed E-state index contributed by atoms with van der Waals surface area (Å²) in [5.41, 5.74) is 1.82. The van der Waals surface area contributed by atoms with E-state index in [1.807, 2.05) is 13.0 Å². The van der Waals surface area contributed by atoms with Crippen LogP contribution in [0, 0.1) is 28.6 Å². The van der Waals surface area contributed by atoms with Crippen LogP contribution in [0.5, 0.6) is 0 Å². The van der Waals surface area contributed by atoms with Crippen molar-refractivity contribution < 1.29 is 14.3 Å². The van der Waals surface area contributed by atoms with Gasteiger partial charge in [-0.2, -0.15) is 0 Å². The maximum Gasteiger partial charge on any atom is 0.305 e. The molecule has 3 fully saturated rings. The van der Waals surface area contributed by atoms with Gasteiger partial charge in [-0.05, 0) is 74.2 Å². The third-order valence-corrected chi connectivity index (χ3v) is 8.44. The summed E-state index contributed by atoms with van der Waals surface area (Å²) in [6.07, 6.45) is 11.3. The Balaban J connectivity index is 1.59. The van der Waals surface area contributed by atoms with E-state index in [0.29, 0.717) is 24.0 Å². The zero-order chi connectivity index (χ0) is 17.8. The summed E-state index contributed by atoms with van der Waals surface area (Å²) in [5.74, 6) is 2.41. The van der Waals surface area contributed by atoms with Crippen molar-refractivity contribution in [3.8, 4) is 0 Å². The van der Waals surface area contributed by atoms with Crippen LogP contribution in [0.1, 0.15) is 78.6 Å². The number of ether oxygens (including phenoxy) is 1. The van der Waals surface area contributed by atoms with E-state index in [1.54, 1.807) is 0 Å². The minimum absolute atomic E-state index is 0.0411. The second-order valence-corrected chi connectivity index (χ2v) is 9.42. The summed E-state index contributed by atoms with van der Waals surface area (Å²) >= 11 is 0. The quantitative estimate of drug-likeness (QED) is 0.673. The van der Waals surface area contributed by atoms with E-state index in [-0.39, 0.29) is 22.9 Å². The first-order valence-corrected chi connectivity index (χ1v) is 10.3. The average molecular weight is 344 g/mol. The number of ketones is 1. The number of carbonyl (C=O) groups is 2. The van der Waals surface area contributed by atoms with Crippen molar-refractivity contribution in [2.75, 3.05) is 0 Å². The number of allylic oxidation sites excluding steroid dienone is 1. The molecule has 0 aromatic heterocycles. The monoisotopic (exact) mass is 344 g/mol. The van der Waals surface area contributed by atoms with E-state index in [9.17, 15) is 9.59 Å². The normalized spacial score (nSPS) is 45.9. The Kier molecular flexibility index (Phi) is 4.12. The van der Waals surface area contributed by atoms with Gasteiger partial charge >= 0.3 is 5.97 Å². The van der Waals surface area contributed by atoms with Gasteiger partial charge in [0.05, 0.1) is 0 Å². The molecule has 3 saturated carbocycles. The zero-order valence-corrected chi connectivity index (χ0v) is 16.0. The molecule has 6 atom stereocenters. The second kappa shape index (κ2) is 5.96. The van der Waals surface area contributed by atoms with Gasteiger partial charge in [0.1, 0.15) is 6.10 Å². The third kappa shape index (κ3) is 2.52.